The van der Waals surface area contributed by atoms with Crippen LogP contribution in [-0.2, 0) is 0 Å². The molecule has 0 aliphatic carbocycles. The maximum absolute atomic E-state index is 13.0. The molecule has 0 radical (unpaired) electrons. The standard InChI is InChI=1S/C18H21N3OS2/c1-3-20(4-2)11-12-21(17(22)16-10-7-13-23-16)18-19-14-8-5-6-9-15(14)24-18/h5-10,13H,3-4,11-12H2,1-2H3. The molecular formula is C18H21N3OS2. The molecule has 6 heteroatoms. The summed E-state index contributed by atoms with van der Waals surface area (Å²) in [4.78, 5) is 22.5. The average Bonchev–Trinajstić information content (AvgIpc) is 3.27. The lowest BCUT2D eigenvalue weighted by atomic mass is 10.3. The van der Waals surface area contributed by atoms with Crippen LogP contribution in [0, 0.1) is 0 Å². The second kappa shape index (κ2) is 7.88. The number of likely N-dealkylation sites (N-methyl/N-ethyl adjacent to an activating group) is 1. The number of carbonyl (C=O) groups excluding carboxylic acids is 1. The van der Waals surface area contributed by atoms with Gasteiger partial charge in [-0.05, 0) is 36.7 Å². The van der Waals surface area contributed by atoms with Crippen LogP contribution in [0.25, 0.3) is 10.2 Å². The van der Waals surface area contributed by atoms with Crippen LogP contribution >= 0.6 is 22.7 Å². The van der Waals surface area contributed by atoms with E-state index in [1.165, 1.54) is 11.3 Å². The summed E-state index contributed by atoms with van der Waals surface area (Å²) in [6, 6.07) is 11.8. The number of benzene rings is 1. The van der Waals surface area contributed by atoms with Gasteiger partial charge in [-0.1, -0.05) is 43.4 Å². The average molecular weight is 360 g/mol. The number of hydrogen-bond acceptors (Lipinski definition) is 5. The van der Waals surface area contributed by atoms with Crippen LogP contribution in [0.3, 0.4) is 0 Å². The first-order valence-electron chi connectivity index (χ1n) is 8.16. The number of fused-ring (bicyclic) bond motifs is 1. The summed E-state index contributed by atoms with van der Waals surface area (Å²) < 4.78 is 1.11. The lowest BCUT2D eigenvalue weighted by molar-refractivity contribution is 0.0987. The summed E-state index contributed by atoms with van der Waals surface area (Å²) in [6.45, 7) is 7.76. The van der Waals surface area contributed by atoms with E-state index in [1.807, 2.05) is 40.6 Å². The third kappa shape index (κ3) is 3.66. The molecule has 2 heterocycles. The summed E-state index contributed by atoms with van der Waals surface area (Å²) >= 11 is 3.06. The Hall–Kier alpha value is -1.76. The summed E-state index contributed by atoms with van der Waals surface area (Å²) in [5.74, 6) is 0.0382. The lowest BCUT2D eigenvalue weighted by Crippen LogP contribution is -2.38. The molecular weight excluding hydrogens is 338 g/mol. The molecule has 0 N–H and O–H groups in total. The van der Waals surface area contributed by atoms with E-state index >= 15 is 0 Å². The van der Waals surface area contributed by atoms with Gasteiger partial charge in [-0.2, -0.15) is 0 Å². The van der Waals surface area contributed by atoms with Gasteiger partial charge in [-0.25, -0.2) is 4.98 Å². The minimum Gasteiger partial charge on any atom is -0.302 e. The second-order valence-electron chi connectivity index (χ2n) is 5.43. The summed E-state index contributed by atoms with van der Waals surface area (Å²) in [5.41, 5.74) is 0.948. The zero-order valence-corrected chi connectivity index (χ0v) is 15.6. The van der Waals surface area contributed by atoms with Gasteiger partial charge in [-0.3, -0.25) is 9.69 Å². The number of rotatable bonds is 7. The maximum Gasteiger partial charge on any atom is 0.270 e. The van der Waals surface area contributed by atoms with Crippen LogP contribution in [0.4, 0.5) is 5.13 Å². The Morgan fingerprint density at radius 3 is 2.54 bits per heavy atom. The first-order valence-corrected chi connectivity index (χ1v) is 9.85. The number of hydrogen-bond donors (Lipinski definition) is 0. The van der Waals surface area contributed by atoms with Gasteiger partial charge in [0.25, 0.3) is 5.91 Å². The molecule has 0 fully saturated rings. The number of amides is 1. The van der Waals surface area contributed by atoms with Gasteiger partial charge in [0.1, 0.15) is 0 Å². The third-order valence-corrected chi connectivity index (χ3v) is 5.94. The summed E-state index contributed by atoms with van der Waals surface area (Å²) in [5, 5.41) is 2.72. The molecule has 2 aromatic heterocycles. The molecule has 0 saturated heterocycles. The van der Waals surface area contributed by atoms with Gasteiger partial charge in [0.2, 0.25) is 0 Å². The Morgan fingerprint density at radius 2 is 1.88 bits per heavy atom. The molecule has 4 nitrogen and oxygen atoms in total. The second-order valence-corrected chi connectivity index (χ2v) is 7.38. The molecule has 0 unspecified atom stereocenters. The molecule has 126 valence electrons. The Labute approximate surface area is 150 Å². The van der Waals surface area contributed by atoms with Gasteiger partial charge >= 0.3 is 0 Å². The minimum absolute atomic E-state index is 0.0382. The summed E-state index contributed by atoms with van der Waals surface area (Å²) in [6.07, 6.45) is 0. The Morgan fingerprint density at radius 1 is 1.08 bits per heavy atom. The molecule has 1 aromatic carbocycles. The highest BCUT2D eigenvalue weighted by molar-refractivity contribution is 7.22. The molecule has 0 aliphatic rings. The van der Waals surface area contributed by atoms with Gasteiger partial charge in [-0.15, -0.1) is 11.3 Å². The number of aromatic nitrogens is 1. The number of carbonyl (C=O) groups is 1. The smallest absolute Gasteiger partial charge is 0.270 e. The maximum atomic E-state index is 13.0. The van der Waals surface area contributed by atoms with Gasteiger partial charge in [0.05, 0.1) is 15.1 Å². The van der Waals surface area contributed by atoms with Gasteiger partial charge in [0, 0.05) is 13.1 Å². The fraction of sp³-hybridized carbons (Fsp3) is 0.333. The Kier molecular flexibility index (Phi) is 5.60. The molecule has 1 amide bonds. The molecule has 0 spiro atoms. The van der Waals surface area contributed by atoms with Crippen LogP contribution in [-0.4, -0.2) is 42.0 Å². The van der Waals surface area contributed by atoms with E-state index in [-0.39, 0.29) is 5.91 Å². The molecule has 3 aromatic rings. The topological polar surface area (TPSA) is 36.4 Å². The number of anilines is 1. The van der Waals surface area contributed by atoms with Crippen LogP contribution in [0.2, 0.25) is 0 Å². The van der Waals surface area contributed by atoms with Crippen molar-refractivity contribution >= 4 is 43.9 Å². The van der Waals surface area contributed by atoms with Crippen molar-refractivity contribution in [3.8, 4) is 0 Å². The number of para-hydroxylation sites is 1. The van der Waals surface area contributed by atoms with E-state index in [0.29, 0.717) is 6.54 Å². The van der Waals surface area contributed by atoms with E-state index in [2.05, 4.69) is 29.8 Å². The quantitative estimate of drug-likeness (QED) is 0.629. The summed E-state index contributed by atoms with van der Waals surface area (Å²) in [7, 11) is 0. The highest BCUT2D eigenvalue weighted by Gasteiger charge is 2.22. The van der Waals surface area contributed by atoms with Crippen LogP contribution in [0.5, 0.6) is 0 Å². The minimum atomic E-state index is 0.0382. The number of thiophene rings is 1. The highest BCUT2D eigenvalue weighted by atomic mass is 32.1. The Balaban J connectivity index is 1.90. The predicted octanol–water partition coefficient (Wildman–Crippen LogP) is 4.35. The zero-order chi connectivity index (χ0) is 16.9. The van der Waals surface area contributed by atoms with Crippen LogP contribution in [0.1, 0.15) is 23.5 Å². The van der Waals surface area contributed by atoms with Crippen molar-refractivity contribution in [2.24, 2.45) is 0 Å². The molecule has 0 saturated carbocycles. The van der Waals surface area contributed by atoms with E-state index in [4.69, 9.17) is 0 Å². The lowest BCUT2D eigenvalue weighted by Gasteiger charge is -2.24. The molecule has 0 aliphatic heterocycles. The molecule has 0 bridgehead atoms. The van der Waals surface area contributed by atoms with Crippen molar-refractivity contribution in [2.75, 3.05) is 31.1 Å². The Bertz CT molecular complexity index is 761. The molecule has 3 rings (SSSR count). The predicted molar refractivity (Wildman–Crippen MR) is 103 cm³/mol. The highest BCUT2D eigenvalue weighted by Crippen LogP contribution is 2.30. The zero-order valence-electron chi connectivity index (χ0n) is 13.9. The van der Waals surface area contributed by atoms with Gasteiger partial charge < -0.3 is 4.90 Å². The third-order valence-electron chi connectivity index (χ3n) is 4.02. The van der Waals surface area contributed by atoms with Crippen molar-refractivity contribution in [2.45, 2.75) is 13.8 Å². The van der Waals surface area contributed by atoms with E-state index in [0.717, 1.165) is 39.9 Å². The fourth-order valence-corrected chi connectivity index (χ4v) is 4.24. The van der Waals surface area contributed by atoms with Crippen molar-refractivity contribution < 1.29 is 4.79 Å². The van der Waals surface area contributed by atoms with Crippen molar-refractivity contribution in [1.82, 2.24) is 9.88 Å². The number of nitrogens with zero attached hydrogens (tertiary/aromatic N) is 3. The van der Waals surface area contributed by atoms with Crippen LogP contribution < -0.4 is 4.90 Å². The van der Waals surface area contributed by atoms with Crippen LogP contribution in [0.15, 0.2) is 41.8 Å². The normalized spacial score (nSPS) is 11.3. The fourth-order valence-electron chi connectivity index (χ4n) is 2.57. The molecule has 24 heavy (non-hydrogen) atoms. The van der Waals surface area contributed by atoms with Gasteiger partial charge in [0.15, 0.2) is 5.13 Å². The van der Waals surface area contributed by atoms with E-state index in [9.17, 15) is 4.79 Å². The first-order chi connectivity index (χ1) is 11.7. The monoisotopic (exact) mass is 359 g/mol. The first kappa shape index (κ1) is 17.1. The number of thiazole rings is 1. The van der Waals surface area contributed by atoms with Crippen molar-refractivity contribution in [3.63, 3.8) is 0 Å². The SMILES string of the molecule is CCN(CC)CCN(C(=O)c1cccs1)c1nc2ccccc2s1. The molecule has 0 atom stereocenters. The van der Waals surface area contributed by atoms with Crippen molar-refractivity contribution in [3.05, 3.63) is 46.7 Å². The van der Waals surface area contributed by atoms with E-state index < -0.39 is 0 Å². The largest absolute Gasteiger partial charge is 0.302 e. The van der Waals surface area contributed by atoms with E-state index in [1.54, 1.807) is 11.3 Å². The van der Waals surface area contributed by atoms with Crippen molar-refractivity contribution in [1.29, 1.82) is 0 Å².